The summed E-state index contributed by atoms with van der Waals surface area (Å²) in [6.07, 6.45) is 0.694. The third-order valence-electron chi connectivity index (χ3n) is 3.15. The van der Waals surface area contributed by atoms with E-state index in [0.29, 0.717) is 18.5 Å². The van der Waals surface area contributed by atoms with Crippen LogP contribution in [0.5, 0.6) is 0 Å². The zero-order valence-corrected chi connectivity index (χ0v) is 10.5. The van der Waals surface area contributed by atoms with Gasteiger partial charge in [0.05, 0.1) is 0 Å². The summed E-state index contributed by atoms with van der Waals surface area (Å²) in [6, 6.07) is 6.24. The monoisotopic (exact) mass is 248 g/mol. The van der Waals surface area contributed by atoms with E-state index in [9.17, 15) is 14.7 Å². The average Bonchev–Trinajstić information content (AvgIpc) is 2.36. The van der Waals surface area contributed by atoms with Crippen molar-refractivity contribution in [2.75, 3.05) is 20.6 Å². The summed E-state index contributed by atoms with van der Waals surface area (Å²) in [4.78, 5) is 26.3. The molecule has 5 nitrogen and oxygen atoms in total. The number of aliphatic carboxylic acids is 1. The summed E-state index contributed by atoms with van der Waals surface area (Å²) >= 11 is 0. The van der Waals surface area contributed by atoms with Crippen LogP contribution in [0.25, 0.3) is 0 Å². The van der Waals surface area contributed by atoms with Crippen molar-refractivity contribution in [1.82, 2.24) is 9.80 Å². The SMILES string of the molecule is CN(C)C(=O)N1CCc2ccccc2C1C(=O)O. The summed E-state index contributed by atoms with van der Waals surface area (Å²) in [5.41, 5.74) is 1.72. The molecule has 1 unspecified atom stereocenters. The van der Waals surface area contributed by atoms with Crippen molar-refractivity contribution >= 4 is 12.0 Å². The van der Waals surface area contributed by atoms with Gasteiger partial charge in [-0.1, -0.05) is 24.3 Å². The molecule has 18 heavy (non-hydrogen) atoms. The predicted octanol–water partition coefficient (Wildman–Crippen LogP) is 1.35. The quantitative estimate of drug-likeness (QED) is 0.816. The Morgan fingerprint density at radius 3 is 2.61 bits per heavy atom. The van der Waals surface area contributed by atoms with Gasteiger partial charge in [-0.25, -0.2) is 9.59 Å². The van der Waals surface area contributed by atoms with Gasteiger partial charge in [0.25, 0.3) is 0 Å². The van der Waals surface area contributed by atoms with E-state index in [1.807, 2.05) is 12.1 Å². The number of hydrogen-bond acceptors (Lipinski definition) is 2. The normalized spacial score (nSPS) is 18.1. The standard InChI is InChI=1S/C13H16N2O3/c1-14(2)13(18)15-8-7-9-5-3-4-6-10(9)11(15)12(16)17/h3-6,11H,7-8H2,1-2H3,(H,16,17). The lowest BCUT2D eigenvalue weighted by molar-refractivity contribution is -0.143. The number of carbonyl (C=O) groups excluding carboxylic acids is 1. The van der Waals surface area contributed by atoms with Crippen molar-refractivity contribution in [3.8, 4) is 0 Å². The number of carboxylic acid groups (broad SMARTS) is 1. The number of benzene rings is 1. The molecule has 0 bridgehead atoms. The molecule has 0 aliphatic carbocycles. The van der Waals surface area contributed by atoms with Crippen molar-refractivity contribution in [1.29, 1.82) is 0 Å². The molecule has 1 aliphatic heterocycles. The van der Waals surface area contributed by atoms with Crippen LogP contribution in [0.4, 0.5) is 4.79 Å². The first-order valence-corrected chi connectivity index (χ1v) is 5.81. The lowest BCUT2D eigenvalue weighted by Gasteiger charge is -2.36. The smallest absolute Gasteiger partial charge is 0.331 e. The van der Waals surface area contributed by atoms with Crippen LogP contribution in [0.2, 0.25) is 0 Å². The highest BCUT2D eigenvalue weighted by Crippen LogP contribution is 2.30. The molecule has 2 amide bonds. The molecule has 1 N–H and O–H groups in total. The molecule has 0 saturated heterocycles. The fraction of sp³-hybridized carbons (Fsp3) is 0.385. The molecule has 0 saturated carbocycles. The Kier molecular flexibility index (Phi) is 3.23. The second-order valence-electron chi connectivity index (χ2n) is 4.56. The van der Waals surface area contributed by atoms with E-state index in [4.69, 9.17) is 0 Å². The van der Waals surface area contributed by atoms with E-state index in [1.165, 1.54) is 9.80 Å². The molecular weight excluding hydrogens is 232 g/mol. The summed E-state index contributed by atoms with van der Waals surface area (Å²) < 4.78 is 0. The van der Waals surface area contributed by atoms with Crippen LogP contribution < -0.4 is 0 Å². The van der Waals surface area contributed by atoms with Gasteiger partial charge < -0.3 is 14.9 Å². The Balaban J connectivity index is 2.42. The number of carboxylic acids is 1. The molecule has 0 spiro atoms. The van der Waals surface area contributed by atoms with E-state index < -0.39 is 12.0 Å². The Bertz CT molecular complexity index is 485. The van der Waals surface area contributed by atoms with Crippen LogP contribution in [0, 0.1) is 0 Å². The summed E-state index contributed by atoms with van der Waals surface area (Å²) in [7, 11) is 3.25. The van der Waals surface area contributed by atoms with Crippen LogP contribution >= 0.6 is 0 Å². The molecule has 0 aromatic heterocycles. The van der Waals surface area contributed by atoms with E-state index in [0.717, 1.165) is 5.56 Å². The first kappa shape index (κ1) is 12.4. The number of amides is 2. The van der Waals surface area contributed by atoms with E-state index >= 15 is 0 Å². The van der Waals surface area contributed by atoms with Gasteiger partial charge in [0, 0.05) is 20.6 Å². The fourth-order valence-corrected chi connectivity index (χ4v) is 2.30. The Hall–Kier alpha value is -2.04. The van der Waals surface area contributed by atoms with Gasteiger partial charge in [-0.15, -0.1) is 0 Å². The summed E-state index contributed by atoms with van der Waals surface area (Å²) in [5.74, 6) is -0.989. The molecule has 1 heterocycles. The lowest BCUT2D eigenvalue weighted by atomic mass is 9.93. The van der Waals surface area contributed by atoms with Crippen molar-refractivity contribution in [2.24, 2.45) is 0 Å². The second kappa shape index (κ2) is 4.68. The zero-order chi connectivity index (χ0) is 13.3. The number of hydrogen-bond donors (Lipinski definition) is 1. The summed E-state index contributed by atoms with van der Waals surface area (Å²) in [5, 5.41) is 9.37. The van der Waals surface area contributed by atoms with Gasteiger partial charge in [0.2, 0.25) is 0 Å². The molecule has 1 aromatic rings. The first-order valence-electron chi connectivity index (χ1n) is 5.81. The van der Waals surface area contributed by atoms with Gasteiger partial charge in [0.1, 0.15) is 0 Å². The van der Waals surface area contributed by atoms with Gasteiger partial charge in [0.15, 0.2) is 6.04 Å². The van der Waals surface area contributed by atoms with Crippen LogP contribution in [0.1, 0.15) is 17.2 Å². The van der Waals surface area contributed by atoms with Crippen molar-refractivity contribution in [2.45, 2.75) is 12.5 Å². The van der Waals surface area contributed by atoms with E-state index in [-0.39, 0.29) is 6.03 Å². The third-order valence-corrected chi connectivity index (χ3v) is 3.15. The fourth-order valence-electron chi connectivity index (χ4n) is 2.30. The van der Waals surface area contributed by atoms with Crippen molar-refractivity contribution in [3.05, 3.63) is 35.4 Å². The Morgan fingerprint density at radius 2 is 2.00 bits per heavy atom. The van der Waals surface area contributed by atoms with Gasteiger partial charge in [-0.3, -0.25) is 0 Å². The van der Waals surface area contributed by atoms with E-state index in [2.05, 4.69) is 0 Å². The predicted molar refractivity (Wildman–Crippen MR) is 66.3 cm³/mol. The van der Waals surface area contributed by atoms with Gasteiger partial charge in [-0.2, -0.15) is 0 Å². The Labute approximate surface area is 106 Å². The minimum Gasteiger partial charge on any atom is -0.479 e. The third kappa shape index (κ3) is 2.03. The number of carbonyl (C=O) groups is 2. The van der Waals surface area contributed by atoms with Gasteiger partial charge >= 0.3 is 12.0 Å². The van der Waals surface area contributed by atoms with Crippen LogP contribution in [0.15, 0.2) is 24.3 Å². The molecule has 2 rings (SSSR count). The molecule has 1 aromatic carbocycles. The molecule has 5 heteroatoms. The molecule has 1 aliphatic rings. The highest BCUT2D eigenvalue weighted by molar-refractivity contribution is 5.84. The largest absolute Gasteiger partial charge is 0.479 e. The molecule has 0 radical (unpaired) electrons. The number of urea groups is 1. The van der Waals surface area contributed by atoms with Crippen molar-refractivity contribution in [3.63, 3.8) is 0 Å². The van der Waals surface area contributed by atoms with Crippen LogP contribution in [-0.4, -0.2) is 47.5 Å². The first-order chi connectivity index (χ1) is 8.52. The second-order valence-corrected chi connectivity index (χ2v) is 4.56. The Morgan fingerprint density at radius 1 is 1.33 bits per heavy atom. The maximum absolute atomic E-state index is 12.0. The number of rotatable bonds is 1. The van der Waals surface area contributed by atoms with Crippen molar-refractivity contribution < 1.29 is 14.7 Å². The minimum atomic E-state index is -0.989. The van der Waals surface area contributed by atoms with Crippen LogP contribution in [0.3, 0.4) is 0 Å². The summed E-state index contributed by atoms with van der Waals surface area (Å²) in [6.45, 7) is 0.436. The van der Waals surface area contributed by atoms with Gasteiger partial charge in [-0.05, 0) is 17.5 Å². The molecule has 0 fully saturated rings. The highest BCUT2D eigenvalue weighted by atomic mass is 16.4. The minimum absolute atomic E-state index is 0.267. The van der Waals surface area contributed by atoms with E-state index in [1.54, 1.807) is 26.2 Å². The molecular formula is C13H16N2O3. The highest BCUT2D eigenvalue weighted by Gasteiger charge is 2.36. The number of fused-ring (bicyclic) bond motifs is 1. The zero-order valence-electron chi connectivity index (χ0n) is 10.5. The average molecular weight is 248 g/mol. The molecule has 1 atom stereocenters. The number of nitrogens with zero attached hydrogens (tertiary/aromatic N) is 2. The maximum Gasteiger partial charge on any atom is 0.331 e. The topological polar surface area (TPSA) is 60.9 Å². The maximum atomic E-state index is 12.0. The van der Waals surface area contributed by atoms with Crippen LogP contribution in [-0.2, 0) is 11.2 Å². The lowest BCUT2D eigenvalue weighted by Crippen LogP contribution is -2.47. The molecule has 96 valence electrons.